The van der Waals surface area contributed by atoms with Gasteiger partial charge in [0, 0.05) is 0 Å². The number of rotatable bonds is 21. The number of hydrogen-bond donors (Lipinski definition) is 2. The Morgan fingerprint density at radius 1 is 0.577 bits per heavy atom. The molecule has 0 heterocycles. The minimum absolute atomic E-state index is 0.397. The zero-order chi connectivity index (χ0) is 19.3. The van der Waals surface area contributed by atoms with Crippen molar-refractivity contribution in [3.63, 3.8) is 0 Å². The van der Waals surface area contributed by atoms with Crippen LogP contribution in [0.5, 0.6) is 0 Å². The highest BCUT2D eigenvalue weighted by Gasteiger charge is 2.11. The molecule has 0 aromatic rings. The first kappa shape index (κ1) is 25.4. The summed E-state index contributed by atoms with van der Waals surface area (Å²) in [4.78, 5) is 10.5. The lowest BCUT2D eigenvalue weighted by molar-refractivity contribution is -0.146. The lowest BCUT2D eigenvalue weighted by atomic mass is 10.0. The second-order valence-corrected chi connectivity index (χ2v) is 8.01. The summed E-state index contributed by atoms with van der Waals surface area (Å²) in [6.07, 6.45) is 24.6. The molecule has 0 bridgehead atoms. The summed E-state index contributed by atoms with van der Waals surface area (Å²) in [7, 11) is 0. The SMILES string of the molecule is CCCCCCCCCCCCCCCCCCCCCC(O)C(=O)O. The Labute approximate surface area is 163 Å². The molecule has 0 aliphatic carbocycles. The van der Waals surface area contributed by atoms with Gasteiger partial charge in [-0.1, -0.05) is 129 Å². The summed E-state index contributed by atoms with van der Waals surface area (Å²) in [6.45, 7) is 2.28. The van der Waals surface area contributed by atoms with Crippen LogP contribution in [0.4, 0.5) is 0 Å². The fourth-order valence-corrected chi connectivity index (χ4v) is 3.54. The first-order valence-corrected chi connectivity index (χ1v) is 11.6. The van der Waals surface area contributed by atoms with Crippen LogP contribution in [0.3, 0.4) is 0 Å². The molecule has 0 aliphatic heterocycles. The van der Waals surface area contributed by atoms with Gasteiger partial charge in [-0.05, 0) is 6.42 Å². The van der Waals surface area contributed by atoms with Crippen molar-refractivity contribution in [2.24, 2.45) is 0 Å². The molecule has 0 aromatic heterocycles. The van der Waals surface area contributed by atoms with E-state index in [-0.39, 0.29) is 0 Å². The Morgan fingerprint density at radius 2 is 0.846 bits per heavy atom. The van der Waals surface area contributed by atoms with Crippen LogP contribution in [0.25, 0.3) is 0 Å². The number of hydrogen-bond acceptors (Lipinski definition) is 2. The average molecular weight is 371 g/mol. The number of unbranched alkanes of at least 4 members (excludes halogenated alkanes) is 18. The van der Waals surface area contributed by atoms with Gasteiger partial charge in [0.2, 0.25) is 0 Å². The molecule has 156 valence electrons. The van der Waals surface area contributed by atoms with E-state index < -0.39 is 12.1 Å². The quantitative estimate of drug-likeness (QED) is 0.209. The summed E-state index contributed by atoms with van der Waals surface area (Å²) in [5.74, 6) is -1.09. The summed E-state index contributed by atoms with van der Waals surface area (Å²) in [6, 6.07) is 0. The van der Waals surface area contributed by atoms with Gasteiger partial charge in [-0.15, -0.1) is 0 Å². The monoisotopic (exact) mass is 370 g/mol. The van der Waals surface area contributed by atoms with Gasteiger partial charge in [-0.25, -0.2) is 4.79 Å². The van der Waals surface area contributed by atoms with Gasteiger partial charge in [-0.3, -0.25) is 0 Å². The molecule has 1 unspecified atom stereocenters. The maximum atomic E-state index is 10.5. The Bertz CT molecular complexity index is 291. The zero-order valence-corrected chi connectivity index (χ0v) is 17.5. The van der Waals surface area contributed by atoms with Crippen LogP contribution in [0.15, 0.2) is 0 Å². The molecule has 26 heavy (non-hydrogen) atoms. The maximum Gasteiger partial charge on any atom is 0.332 e. The molecule has 0 saturated carbocycles. The molecule has 0 saturated heterocycles. The third kappa shape index (κ3) is 19.8. The Balaban J connectivity index is 3.04. The summed E-state index contributed by atoms with van der Waals surface area (Å²) in [5.41, 5.74) is 0. The van der Waals surface area contributed by atoms with E-state index in [1.807, 2.05) is 0 Å². The molecule has 0 fully saturated rings. The summed E-state index contributed by atoms with van der Waals surface area (Å²) < 4.78 is 0. The summed E-state index contributed by atoms with van der Waals surface area (Å²) in [5, 5.41) is 17.8. The van der Waals surface area contributed by atoms with Crippen LogP contribution in [0, 0.1) is 0 Å². The third-order valence-corrected chi connectivity index (χ3v) is 5.37. The molecule has 3 heteroatoms. The molecule has 0 aliphatic rings. The molecular weight excluding hydrogens is 324 g/mol. The predicted molar refractivity (Wildman–Crippen MR) is 112 cm³/mol. The van der Waals surface area contributed by atoms with E-state index in [0.717, 1.165) is 12.8 Å². The normalized spacial score (nSPS) is 12.4. The standard InChI is InChI=1S/C23H46O3/c1-2-3-4-5-6-7-8-9-10-11-12-13-14-15-16-17-18-19-20-21-22(24)23(25)26/h22,24H,2-21H2,1H3,(H,25,26). The molecule has 0 rings (SSSR count). The first-order chi connectivity index (χ1) is 12.7. The molecule has 0 aromatic carbocycles. The molecule has 0 spiro atoms. The lowest BCUT2D eigenvalue weighted by Crippen LogP contribution is -2.18. The highest BCUT2D eigenvalue weighted by Crippen LogP contribution is 2.15. The second kappa shape index (κ2) is 20.7. The van der Waals surface area contributed by atoms with E-state index in [1.54, 1.807) is 0 Å². The van der Waals surface area contributed by atoms with Gasteiger partial charge in [-0.2, -0.15) is 0 Å². The van der Waals surface area contributed by atoms with E-state index in [0.29, 0.717) is 6.42 Å². The van der Waals surface area contributed by atoms with Crippen LogP contribution in [-0.2, 0) is 4.79 Å². The minimum atomic E-state index is -1.17. The number of aliphatic hydroxyl groups excluding tert-OH is 1. The number of carbonyl (C=O) groups is 1. The van der Waals surface area contributed by atoms with Gasteiger partial charge in [0.05, 0.1) is 0 Å². The second-order valence-electron chi connectivity index (χ2n) is 8.01. The van der Waals surface area contributed by atoms with Crippen LogP contribution in [0.2, 0.25) is 0 Å². The van der Waals surface area contributed by atoms with Crippen LogP contribution < -0.4 is 0 Å². The number of carboxylic acids is 1. The third-order valence-electron chi connectivity index (χ3n) is 5.37. The van der Waals surface area contributed by atoms with E-state index in [2.05, 4.69) is 6.92 Å². The van der Waals surface area contributed by atoms with Crippen molar-refractivity contribution >= 4 is 5.97 Å². The van der Waals surface area contributed by atoms with Gasteiger partial charge in [0.1, 0.15) is 0 Å². The minimum Gasteiger partial charge on any atom is -0.479 e. The van der Waals surface area contributed by atoms with E-state index in [4.69, 9.17) is 5.11 Å². The van der Waals surface area contributed by atoms with Gasteiger partial charge >= 0.3 is 5.97 Å². The van der Waals surface area contributed by atoms with Crippen molar-refractivity contribution < 1.29 is 15.0 Å². The van der Waals surface area contributed by atoms with Crippen LogP contribution >= 0.6 is 0 Å². The van der Waals surface area contributed by atoms with Crippen molar-refractivity contribution in [2.75, 3.05) is 0 Å². The highest BCUT2D eigenvalue weighted by molar-refractivity contribution is 5.71. The number of aliphatic carboxylic acids is 1. The van der Waals surface area contributed by atoms with Gasteiger partial charge in [0.25, 0.3) is 0 Å². The zero-order valence-electron chi connectivity index (χ0n) is 17.5. The van der Waals surface area contributed by atoms with Crippen molar-refractivity contribution in [1.82, 2.24) is 0 Å². The smallest absolute Gasteiger partial charge is 0.332 e. The average Bonchev–Trinajstić information content (AvgIpc) is 2.63. The molecule has 1 atom stereocenters. The molecule has 2 N–H and O–H groups in total. The summed E-state index contributed by atoms with van der Waals surface area (Å²) >= 11 is 0. The van der Waals surface area contributed by atoms with E-state index >= 15 is 0 Å². The fourth-order valence-electron chi connectivity index (χ4n) is 3.54. The Hall–Kier alpha value is -0.570. The Kier molecular flexibility index (Phi) is 20.3. The van der Waals surface area contributed by atoms with Crippen molar-refractivity contribution in [1.29, 1.82) is 0 Å². The fraction of sp³-hybridized carbons (Fsp3) is 0.957. The number of carboxylic acid groups (broad SMARTS) is 1. The van der Waals surface area contributed by atoms with Gasteiger partial charge in [0.15, 0.2) is 6.10 Å². The molecule has 3 nitrogen and oxygen atoms in total. The van der Waals surface area contributed by atoms with Crippen LogP contribution in [0.1, 0.15) is 135 Å². The molecular formula is C23H46O3. The Morgan fingerprint density at radius 3 is 1.12 bits per heavy atom. The lowest BCUT2D eigenvalue weighted by Gasteiger charge is -2.05. The van der Waals surface area contributed by atoms with Crippen molar-refractivity contribution in [2.45, 2.75) is 141 Å². The largest absolute Gasteiger partial charge is 0.479 e. The van der Waals surface area contributed by atoms with Gasteiger partial charge < -0.3 is 10.2 Å². The number of aliphatic hydroxyl groups is 1. The van der Waals surface area contributed by atoms with Crippen molar-refractivity contribution in [3.05, 3.63) is 0 Å². The van der Waals surface area contributed by atoms with E-state index in [1.165, 1.54) is 109 Å². The first-order valence-electron chi connectivity index (χ1n) is 11.6. The molecule has 0 radical (unpaired) electrons. The maximum absolute atomic E-state index is 10.5. The van der Waals surface area contributed by atoms with E-state index in [9.17, 15) is 9.90 Å². The van der Waals surface area contributed by atoms with Crippen LogP contribution in [-0.4, -0.2) is 22.3 Å². The topological polar surface area (TPSA) is 57.5 Å². The molecule has 0 amide bonds. The van der Waals surface area contributed by atoms with Crippen molar-refractivity contribution in [3.8, 4) is 0 Å². The highest BCUT2D eigenvalue weighted by atomic mass is 16.4. The predicted octanol–water partition coefficient (Wildman–Crippen LogP) is 7.25.